The standard InChI is InChI=1S/C19H30N4O3/c1-4-23(12-18(24)25)16-8-15(9-16)22-19(26)21-11-17(13(2)3)14-6-5-7-20-10-14/h5-7,10,13,15-17H,4,8-9,11-12H2,1-3H3,(H,24,25)(H2,21,22,26). The molecular formula is C19H30N4O3. The largest absolute Gasteiger partial charge is 0.480 e. The molecule has 0 aliphatic heterocycles. The Labute approximate surface area is 155 Å². The van der Waals surface area contributed by atoms with Gasteiger partial charge in [-0.25, -0.2) is 4.79 Å². The minimum atomic E-state index is -0.809. The number of likely N-dealkylation sites (N-methyl/N-ethyl adjacent to an activating group) is 1. The van der Waals surface area contributed by atoms with E-state index < -0.39 is 5.97 Å². The number of aromatic nitrogens is 1. The highest BCUT2D eigenvalue weighted by atomic mass is 16.4. The Morgan fingerprint density at radius 3 is 2.65 bits per heavy atom. The van der Waals surface area contributed by atoms with Crippen LogP contribution in [-0.2, 0) is 4.79 Å². The zero-order valence-electron chi connectivity index (χ0n) is 15.8. The van der Waals surface area contributed by atoms with Crippen LogP contribution in [0.25, 0.3) is 0 Å². The van der Waals surface area contributed by atoms with Gasteiger partial charge in [-0.1, -0.05) is 26.8 Å². The van der Waals surface area contributed by atoms with E-state index in [1.807, 2.05) is 30.2 Å². The molecule has 0 saturated heterocycles. The van der Waals surface area contributed by atoms with Crippen LogP contribution >= 0.6 is 0 Å². The number of pyridine rings is 1. The summed E-state index contributed by atoms with van der Waals surface area (Å²) in [5.74, 6) is -0.201. The third-order valence-electron chi connectivity index (χ3n) is 5.11. The summed E-state index contributed by atoms with van der Waals surface area (Å²) in [6.45, 7) is 7.55. The first-order valence-corrected chi connectivity index (χ1v) is 9.30. The Morgan fingerprint density at radius 2 is 2.12 bits per heavy atom. The van der Waals surface area contributed by atoms with Gasteiger partial charge in [0.15, 0.2) is 0 Å². The summed E-state index contributed by atoms with van der Waals surface area (Å²) in [5.41, 5.74) is 1.12. The molecule has 1 aliphatic carbocycles. The van der Waals surface area contributed by atoms with Crippen molar-refractivity contribution in [1.82, 2.24) is 20.5 Å². The first-order valence-electron chi connectivity index (χ1n) is 9.30. The normalized spacial score (nSPS) is 20.5. The first-order chi connectivity index (χ1) is 12.4. The zero-order valence-corrected chi connectivity index (χ0v) is 15.8. The van der Waals surface area contributed by atoms with E-state index in [0.717, 1.165) is 18.4 Å². The molecule has 1 saturated carbocycles. The first kappa shape index (κ1) is 20.2. The van der Waals surface area contributed by atoms with Gasteiger partial charge in [0, 0.05) is 36.9 Å². The van der Waals surface area contributed by atoms with Crippen molar-refractivity contribution >= 4 is 12.0 Å². The molecule has 1 atom stereocenters. The van der Waals surface area contributed by atoms with Crippen molar-refractivity contribution in [3.63, 3.8) is 0 Å². The minimum Gasteiger partial charge on any atom is -0.480 e. The zero-order chi connectivity index (χ0) is 19.1. The molecule has 0 spiro atoms. The van der Waals surface area contributed by atoms with Gasteiger partial charge in [0.1, 0.15) is 0 Å². The fourth-order valence-corrected chi connectivity index (χ4v) is 3.45. The smallest absolute Gasteiger partial charge is 0.317 e. The van der Waals surface area contributed by atoms with Gasteiger partial charge < -0.3 is 15.7 Å². The number of hydrogen-bond acceptors (Lipinski definition) is 4. The molecule has 1 unspecified atom stereocenters. The summed E-state index contributed by atoms with van der Waals surface area (Å²) < 4.78 is 0. The number of carboxylic acid groups (broad SMARTS) is 1. The molecule has 2 amide bonds. The molecule has 0 radical (unpaired) electrons. The van der Waals surface area contributed by atoms with Crippen LogP contribution in [0.2, 0.25) is 0 Å². The van der Waals surface area contributed by atoms with Crippen molar-refractivity contribution in [2.75, 3.05) is 19.6 Å². The van der Waals surface area contributed by atoms with Crippen LogP contribution in [-0.4, -0.2) is 58.7 Å². The number of carboxylic acids is 1. The average Bonchev–Trinajstić information content (AvgIpc) is 2.56. The summed E-state index contributed by atoms with van der Waals surface area (Å²) in [4.78, 5) is 29.2. The van der Waals surface area contributed by atoms with Crippen molar-refractivity contribution in [3.8, 4) is 0 Å². The second-order valence-corrected chi connectivity index (χ2v) is 7.27. The number of carbonyl (C=O) groups is 2. The van der Waals surface area contributed by atoms with Crippen LogP contribution < -0.4 is 10.6 Å². The number of nitrogens with zero attached hydrogens (tertiary/aromatic N) is 2. The van der Waals surface area contributed by atoms with Crippen molar-refractivity contribution in [2.45, 2.75) is 51.6 Å². The SMILES string of the molecule is CCN(CC(=O)O)C1CC(NC(=O)NCC(c2cccnc2)C(C)C)C1. The van der Waals surface area contributed by atoms with Gasteiger partial charge in [-0.3, -0.25) is 14.7 Å². The summed E-state index contributed by atoms with van der Waals surface area (Å²) in [5, 5.41) is 14.9. The molecule has 1 aliphatic rings. The predicted octanol–water partition coefficient (Wildman–Crippen LogP) is 2.06. The van der Waals surface area contributed by atoms with E-state index in [1.165, 1.54) is 0 Å². The van der Waals surface area contributed by atoms with Crippen LogP contribution in [0.5, 0.6) is 0 Å². The lowest BCUT2D eigenvalue weighted by Crippen LogP contribution is -2.56. The molecule has 3 N–H and O–H groups in total. The van der Waals surface area contributed by atoms with Gasteiger partial charge in [0.05, 0.1) is 6.54 Å². The lowest BCUT2D eigenvalue weighted by Gasteiger charge is -2.42. The van der Waals surface area contributed by atoms with Crippen molar-refractivity contribution in [2.24, 2.45) is 5.92 Å². The van der Waals surface area contributed by atoms with Gasteiger partial charge in [0.2, 0.25) is 0 Å². The van der Waals surface area contributed by atoms with E-state index in [1.54, 1.807) is 6.20 Å². The van der Waals surface area contributed by atoms with Gasteiger partial charge in [-0.05, 0) is 36.9 Å². The molecule has 1 fully saturated rings. The molecule has 0 aromatic carbocycles. The number of aliphatic carboxylic acids is 1. The summed E-state index contributed by atoms with van der Waals surface area (Å²) >= 11 is 0. The third kappa shape index (κ3) is 5.69. The summed E-state index contributed by atoms with van der Waals surface area (Å²) in [6.07, 6.45) is 5.19. The third-order valence-corrected chi connectivity index (χ3v) is 5.11. The lowest BCUT2D eigenvalue weighted by atomic mass is 9.85. The Balaban J connectivity index is 1.75. The number of carbonyl (C=O) groups excluding carboxylic acids is 1. The quantitative estimate of drug-likeness (QED) is 0.625. The molecule has 7 heteroatoms. The van der Waals surface area contributed by atoms with Crippen LogP contribution in [0.15, 0.2) is 24.5 Å². The highest BCUT2D eigenvalue weighted by Crippen LogP contribution is 2.26. The molecule has 0 bridgehead atoms. The van der Waals surface area contributed by atoms with E-state index in [0.29, 0.717) is 19.0 Å². The minimum absolute atomic E-state index is 0.0568. The van der Waals surface area contributed by atoms with E-state index in [9.17, 15) is 9.59 Å². The van der Waals surface area contributed by atoms with Gasteiger partial charge in [0.25, 0.3) is 0 Å². The molecule has 1 aromatic rings. The van der Waals surface area contributed by atoms with Crippen LogP contribution in [0.3, 0.4) is 0 Å². The van der Waals surface area contributed by atoms with E-state index in [-0.39, 0.29) is 30.6 Å². The second kappa shape index (κ2) is 9.52. The van der Waals surface area contributed by atoms with E-state index in [4.69, 9.17) is 5.11 Å². The number of rotatable bonds is 9. The molecule has 2 rings (SSSR count). The van der Waals surface area contributed by atoms with Gasteiger partial charge >= 0.3 is 12.0 Å². The molecule has 7 nitrogen and oxygen atoms in total. The topological polar surface area (TPSA) is 94.6 Å². The second-order valence-electron chi connectivity index (χ2n) is 7.27. The Morgan fingerprint density at radius 1 is 1.38 bits per heavy atom. The predicted molar refractivity (Wildman–Crippen MR) is 100 cm³/mol. The number of urea groups is 1. The monoisotopic (exact) mass is 362 g/mol. The fraction of sp³-hybridized carbons (Fsp3) is 0.632. The van der Waals surface area contributed by atoms with Crippen LogP contribution in [0.4, 0.5) is 4.79 Å². The van der Waals surface area contributed by atoms with Crippen LogP contribution in [0.1, 0.15) is 45.1 Å². The fourth-order valence-electron chi connectivity index (χ4n) is 3.45. The molecule has 1 heterocycles. The highest BCUT2D eigenvalue weighted by Gasteiger charge is 2.34. The molecular weight excluding hydrogens is 332 g/mol. The van der Waals surface area contributed by atoms with Crippen molar-refractivity contribution in [1.29, 1.82) is 0 Å². The van der Waals surface area contributed by atoms with Crippen LogP contribution in [0, 0.1) is 5.92 Å². The van der Waals surface area contributed by atoms with Gasteiger partial charge in [-0.15, -0.1) is 0 Å². The van der Waals surface area contributed by atoms with Crippen molar-refractivity contribution in [3.05, 3.63) is 30.1 Å². The van der Waals surface area contributed by atoms with Gasteiger partial charge in [-0.2, -0.15) is 0 Å². The highest BCUT2D eigenvalue weighted by molar-refractivity contribution is 5.74. The maximum absolute atomic E-state index is 12.2. The summed E-state index contributed by atoms with van der Waals surface area (Å²) in [7, 11) is 0. The lowest BCUT2D eigenvalue weighted by molar-refractivity contribution is -0.139. The molecule has 26 heavy (non-hydrogen) atoms. The summed E-state index contributed by atoms with van der Waals surface area (Å²) in [6, 6.07) is 4.13. The maximum Gasteiger partial charge on any atom is 0.317 e. The Hall–Kier alpha value is -2.15. The number of hydrogen-bond donors (Lipinski definition) is 3. The van der Waals surface area contributed by atoms with Crippen molar-refractivity contribution < 1.29 is 14.7 Å². The molecule has 1 aromatic heterocycles. The van der Waals surface area contributed by atoms with E-state index in [2.05, 4.69) is 29.5 Å². The Kier molecular flexibility index (Phi) is 7.38. The number of nitrogens with one attached hydrogen (secondary N) is 2. The molecule has 144 valence electrons. The Bertz CT molecular complexity index is 588. The maximum atomic E-state index is 12.2. The average molecular weight is 362 g/mol. The van der Waals surface area contributed by atoms with E-state index >= 15 is 0 Å². The number of amides is 2.